The average molecular weight is 227 g/mol. The molecule has 1 saturated heterocycles. The van der Waals surface area contributed by atoms with Gasteiger partial charge < -0.3 is 4.90 Å². The first-order chi connectivity index (χ1) is 8.34. The summed E-state index contributed by atoms with van der Waals surface area (Å²) in [7, 11) is 0. The van der Waals surface area contributed by atoms with Crippen molar-refractivity contribution < 1.29 is 4.79 Å². The molecule has 1 aliphatic rings. The topological polar surface area (TPSA) is 46.1 Å². The largest absolute Gasteiger partial charge is 0.339 e. The molecule has 1 aliphatic heterocycles. The fraction of sp³-hybridized carbons (Fsp3) is 0.308. The molecule has 0 N–H and O–H groups in total. The van der Waals surface area contributed by atoms with Crippen LogP contribution in [-0.2, 0) is 0 Å². The number of hydrogen-bond acceptors (Lipinski definition) is 3. The quantitative estimate of drug-likeness (QED) is 0.747. The van der Waals surface area contributed by atoms with E-state index in [1.807, 2.05) is 23.1 Å². The van der Waals surface area contributed by atoms with Gasteiger partial charge in [0.25, 0.3) is 5.91 Å². The highest BCUT2D eigenvalue weighted by Gasteiger charge is 2.19. The van der Waals surface area contributed by atoms with Crippen LogP contribution in [0, 0.1) is 0 Å². The molecule has 3 rings (SSSR count). The second-order valence-corrected chi connectivity index (χ2v) is 4.26. The van der Waals surface area contributed by atoms with Crippen molar-refractivity contribution in [3.63, 3.8) is 0 Å². The fourth-order valence-electron chi connectivity index (χ4n) is 2.20. The lowest BCUT2D eigenvalue weighted by Crippen LogP contribution is -2.27. The number of amides is 1. The summed E-state index contributed by atoms with van der Waals surface area (Å²) in [6, 6.07) is 5.51. The molecule has 86 valence electrons. The Bertz CT molecular complexity index is 561. The van der Waals surface area contributed by atoms with Crippen molar-refractivity contribution in [1.82, 2.24) is 14.9 Å². The number of carbonyl (C=O) groups is 1. The third-order valence-electron chi connectivity index (χ3n) is 3.11. The first kappa shape index (κ1) is 10.2. The molecule has 1 fully saturated rings. The maximum atomic E-state index is 12.2. The van der Waals surface area contributed by atoms with Gasteiger partial charge in [0.1, 0.15) is 0 Å². The summed E-state index contributed by atoms with van der Waals surface area (Å²) in [5.41, 5.74) is 2.31. The van der Waals surface area contributed by atoms with E-state index >= 15 is 0 Å². The lowest BCUT2D eigenvalue weighted by molar-refractivity contribution is 0.0793. The van der Waals surface area contributed by atoms with Crippen molar-refractivity contribution in [2.45, 2.75) is 12.8 Å². The van der Waals surface area contributed by atoms with Crippen LogP contribution in [-0.4, -0.2) is 33.9 Å². The van der Waals surface area contributed by atoms with Crippen molar-refractivity contribution >= 4 is 16.9 Å². The van der Waals surface area contributed by atoms with Gasteiger partial charge in [0.2, 0.25) is 0 Å². The van der Waals surface area contributed by atoms with Crippen LogP contribution in [0.3, 0.4) is 0 Å². The minimum atomic E-state index is 0.107. The van der Waals surface area contributed by atoms with Crippen LogP contribution < -0.4 is 0 Å². The highest BCUT2D eigenvalue weighted by atomic mass is 16.2. The Kier molecular flexibility index (Phi) is 2.48. The molecule has 0 unspecified atom stereocenters. The number of nitrogens with zero attached hydrogens (tertiary/aromatic N) is 3. The average Bonchev–Trinajstić information content (AvgIpc) is 2.91. The van der Waals surface area contributed by atoms with Gasteiger partial charge in [-0.15, -0.1) is 0 Å². The molecule has 1 amide bonds. The lowest BCUT2D eigenvalue weighted by atomic mass is 10.1. The first-order valence-electron chi connectivity index (χ1n) is 5.85. The van der Waals surface area contributed by atoms with Crippen molar-refractivity contribution in [1.29, 1.82) is 0 Å². The Morgan fingerprint density at radius 1 is 1.06 bits per heavy atom. The summed E-state index contributed by atoms with van der Waals surface area (Å²) in [5, 5.41) is 0. The van der Waals surface area contributed by atoms with Crippen molar-refractivity contribution in [3.8, 4) is 0 Å². The second-order valence-electron chi connectivity index (χ2n) is 4.26. The molecular weight excluding hydrogens is 214 g/mol. The van der Waals surface area contributed by atoms with Gasteiger partial charge in [-0.1, -0.05) is 0 Å². The number of carbonyl (C=O) groups excluding carboxylic acids is 1. The van der Waals surface area contributed by atoms with Crippen LogP contribution in [0.25, 0.3) is 11.0 Å². The summed E-state index contributed by atoms with van der Waals surface area (Å²) >= 11 is 0. The first-order valence-corrected chi connectivity index (χ1v) is 5.85. The van der Waals surface area contributed by atoms with Crippen LogP contribution >= 0.6 is 0 Å². The SMILES string of the molecule is O=C(c1ccc2nccnc2c1)N1CCCC1. The molecule has 1 aromatic heterocycles. The molecule has 0 atom stereocenters. The Balaban J connectivity index is 1.97. The molecule has 2 aromatic rings. The fourth-order valence-corrected chi connectivity index (χ4v) is 2.20. The highest BCUT2D eigenvalue weighted by Crippen LogP contribution is 2.16. The lowest BCUT2D eigenvalue weighted by Gasteiger charge is -2.15. The van der Waals surface area contributed by atoms with Crippen LogP contribution in [0.1, 0.15) is 23.2 Å². The van der Waals surface area contributed by atoms with Crippen molar-refractivity contribution in [2.24, 2.45) is 0 Å². The smallest absolute Gasteiger partial charge is 0.253 e. The van der Waals surface area contributed by atoms with Crippen molar-refractivity contribution in [2.75, 3.05) is 13.1 Å². The third-order valence-corrected chi connectivity index (χ3v) is 3.11. The summed E-state index contributed by atoms with van der Waals surface area (Å²) in [6.07, 6.45) is 5.52. The van der Waals surface area contributed by atoms with Crippen LogP contribution in [0.2, 0.25) is 0 Å². The molecule has 0 aliphatic carbocycles. The minimum absolute atomic E-state index is 0.107. The maximum Gasteiger partial charge on any atom is 0.253 e. The van der Waals surface area contributed by atoms with E-state index in [9.17, 15) is 4.79 Å². The van der Waals surface area contributed by atoms with E-state index < -0.39 is 0 Å². The summed E-state index contributed by atoms with van der Waals surface area (Å²) in [5.74, 6) is 0.107. The van der Waals surface area contributed by atoms with E-state index in [1.54, 1.807) is 12.4 Å². The normalized spacial score (nSPS) is 15.4. The maximum absolute atomic E-state index is 12.2. The zero-order chi connectivity index (χ0) is 11.7. The van der Waals surface area contributed by atoms with Gasteiger partial charge in [-0.05, 0) is 31.0 Å². The minimum Gasteiger partial charge on any atom is -0.339 e. The molecule has 2 heterocycles. The zero-order valence-corrected chi connectivity index (χ0v) is 9.47. The molecule has 0 bridgehead atoms. The Labute approximate surface area is 99.3 Å². The summed E-state index contributed by atoms with van der Waals surface area (Å²) in [4.78, 5) is 22.5. The van der Waals surface area contributed by atoms with E-state index in [1.165, 1.54) is 0 Å². The molecule has 17 heavy (non-hydrogen) atoms. The number of aromatic nitrogens is 2. The van der Waals surface area contributed by atoms with Crippen molar-refractivity contribution in [3.05, 3.63) is 36.2 Å². The van der Waals surface area contributed by atoms with Gasteiger partial charge in [0.15, 0.2) is 0 Å². The summed E-state index contributed by atoms with van der Waals surface area (Å²) in [6.45, 7) is 1.74. The Morgan fingerprint density at radius 3 is 2.53 bits per heavy atom. The number of hydrogen-bond donors (Lipinski definition) is 0. The Morgan fingerprint density at radius 2 is 1.76 bits per heavy atom. The van der Waals surface area contributed by atoms with Gasteiger partial charge in [-0.2, -0.15) is 0 Å². The number of benzene rings is 1. The van der Waals surface area contributed by atoms with Gasteiger partial charge in [0.05, 0.1) is 11.0 Å². The zero-order valence-electron chi connectivity index (χ0n) is 9.47. The van der Waals surface area contributed by atoms with Gasteiger partial charge in [-0.3, -0.25) is 14.8 Å². The third kappa shape index (κ3) is 1.86. The molecular formula is C13H13N3O. The van der Waals surface area contributed by atoms with Crippen LogP contribution in [0.5, 0.6) is 0 Å². The standard InChI is InChI=1S/C13H13N3O/c17-13(16-7-1-2-8-16)10-3-4-11-12(9-10)15-6-5-14-11/h3-6,9H,1-2,7-8H2. The summed E-state index contributed by atoms with van der Waals surface area (Å²) < 4.78 is 0. The molecule has 0 spiro atoms. The monoisotopic (exact) mass is 227 g/mol. The van der Waals surface area contributed by atoms with Crippen LogP contribution in [0.4, 0.5) is 0 Å². The highest BCUT2D eigenvalue weighted by molar-refractivity contribution is 5.97. The van der Waals surface area contributed by atoms with E-state index in [0.717, 1.165) is 37.0 Å². The van der Waals surface area contributed by atoms with E-state index in [2.05, 4.69) is 9.97 Å². The van der Waals surface area contributed by atoms with Gasteiger partial charge >= 0.3 is 0 Å². The molecule has 1 aromatic carbocycles. The molecule has 0 radical (unpaired) electrons. The number of rotatable bonds is 1. The molecule has 0 saturated carbocycles. The predicted octanol–water partition coefficient (Wildman–Crippen LogP) is 1.87. The second kappa shape index (κ2) is 4.13. The van der Waals surface area contributed by atoms with E-state index in [4.69, 9.17) is 0 Å². The molecule has 4 nitrogen and oxygen atoms in total. The Hall–Kier alpha value is -1.97. The number of fused-ring (bicyclic) bond motifs is 1. The molecule has 4 heteroatoms. The van der Waals surface area contributed by atoms with E-state index in [-0.39, 0.29) is 5.91 Å². The van der Waals surface area contributed by atoms with Gasteiger partial charge in [0, 0.05) is 31.0 Å². The predicted molar refractivity (Wildman–Crippen MR) is 64.7 cm³/mol. The van der Waals surface area contributed by atoms with E-state index in [0.29, 0.717) is 5.56 Å². The van der Waals surface area contributed by atoms with Gasteiger partial charge in [-0.25, -0.2) is 0 Å². The van der Waals surface area contributed by atoms with Crippen LogP contribution in [0.15, 0.2) is 30.6 Å². The number of likely N-dealkylation sites (tertiary alicyclic amines) is 1.